The van der Waals surface area contributed by atoms with E-state index in [1.807, 2.05) is 6.92 Å². The van der Waals surface area contributed by atoms with Crippen molar-refractivity contribution in [1.82, 2.24) is 5.32 Å². The van der Waals surface area contributed by atoms with Gasteiger partial charge >= 0.3 is 0 Å². The monoisotopic (exact) mass is 291 g/mol. The van der Waals surface area contributed by atoms with Gasteiger partial charge in [0.15, 0.2) is 0 Å². The number of rotatable bonds is 7. The molecule has 0 aliphatic carbocycles. The molecule has 108 valence electrons. The molecule has 1 unspecified atom stereocenters. The van der Waals surface area contributed by atoms with E-state index in [-0.39, 0.29) is 11.8 Å². The summed E-state index contributed by atoms with van der Waals surface area (Å²) in [7, 11) is -3.10. The second-order valence-corrected chi connectivity index (χ2v) is 6.89. The quantitative estimate of drug-likeness (QED) is 0.839. The first-order valence-corrected chi connectivity index (χ1v) is 8.25. The molecule has 0 heterocycles. The van der Waals surface area contributed by atoms with Crippen molar-refractivity contribution in [3.8, 4) is 0 Å². The highest BCUT2D eigenvalue weighted by Gasteiger charge is 2.15. The predicted molar refractivity (Wildman–Crippen MR) is 71.7 cm³/mol. The standard InChI is InChI=1S/C13H19F2NO2S/c1-3-5-16-13(4-6-19(2,17)18)10-7-11(14)9-12(15)8-10/h7-9,13,16H,3-6H2,1-2H3. The highest BCUT2D eigenvalue weighted by molar-refractivity contribution is 7.90. The maximum absolute atomic E-state index is 13.2. The second-order valence-electron chi connectivity index (χ2n) is 4.63. The van der Waals surface area contributed by atoms with Crippen molar-refractivity contribution in [1.29, 1.82) is 0 Å². The van der Waals surface area contributed by atoms with Crippen LogP contribution in [0.3, 0.4) is 0 Å². The van der Waals surface area contributed by atoms with E-state index >= 15 is 0 Å². The Kier molecular flexibility index (Phi) is 5.87. The van der Waals surface area contributed by atoms with Crippen LogP contribution in [0.15, 0.2) is 18.2 Å². The summed E-state index contributed by atoms with van der Waals surface area (Å²) in [6, 6.07) is 2.91. The summed E-state index contributed by atoms with van der Waals surface area (Å²) < 4.78 is 48.8. The molecule has 1 rings (SSSR count). The molecule has 19 heavy (non-hydrogen) atoms. The molecular weight excluding hydrogens is 272 g/mol. The fourth-order valence-electron chi connectivity index (χ4n) is 1.81. The summed E-state index contributed by atoms with van der Waals surface area (Å²) in [5.41, 5.74) is 0.439. The largest absolute Gasteiger partial charge is 0.310 e. The topological polar surface area (TPSA) is 46.2 Å². The van der Waals surface area contributed by atoms with Gasteiger partial charge in [-0.05, 0) is 37.1 Å². The molecule has 0 fully saturated rings. The molecule has 0 aromatic heterocycles. The lowest BCUT2D eigenvalue weighted by Gasteiger charge is -2.18. The van der Waals surface area contributed by atoms with Gasteiger partial charge in [-0.2, -0.15) is 0 Å². The number of sulfone groups is 1. The van der Waals surface area contributed by atoms with Crippen molar-refractivity contribution in [2.75, 3.05) is 18.6 Å². The van der Waals surface area contributed by atoms with Gasteiger partial charge in [0.25, 0.3) is 0 Å². The van der Waals surface area contributed by atoms with E-state index < -0.39 is 21.5 Å². The first-order valence-electron chi connectivity index (χ1n) is 6.19. The maximum Gasteiger partial charge on any atom is 0.147 e. The molecule has 1 N–H and O–H groups in total. The Bertz CT molecular complexity index is 497. The number of nitrogens with one attached hydrogen (secondary N) is 1. The number of benzene rings is 1. The lowest BCUT2D eigenvalue weighted by Crippen LogP contribution is -2.24. The molecule has 0 amide bonds. The number of halogens is 2. The van der Waals surface area contributed by atoms with E-state index in [0.29, 0.717) is 18.5 Å². The van der Waals surface area contributed by atoms with E-state index in [9.17, 15) is 17.2 Å². The summed E-state index contributed by atoms with van der Waals surface area (Å²) in [6.07, 6.45) is 2.30. The van der Waals surface area contributed by atoms with Gasteiger partial charge in [-0.3, -0.25) is 0 Å². The zero-order valence-electron chi connectivity index (χ0n) is 11.1. The highest BCUT2D eigenvalue weighted by Crippen LogP contribution is 2.20. The van der Waals surface area contributed by atoms with Crippen molar-refractivity contribution < 1.29 is 17.2 Å². The van der Waals surface area contributed by atoms with Crippen molar-refractivity contribution in [3.05, 3.63) is 35.4 Å². The molecule has 0 radical (unpaired) electrons. The van der Waals surface area contributed by atoms with Gasteiger partial charge in [0.05, 0.1) is 5.75 Å². The minimum absolute atomic E-state index is 0.0213. The minimum atomic E-state index is -3.10. The van der Waals surface area contributed by atoms with Gasteiger partial charge in [0.1, 0.15) is 21.5 Å². The van der Waals surface area contributed by atoms with Crippen molar-refractivity contribution in [2.45, 2.75) is 25.8 Å². The van der Waals surface area contributed by atoms with Crippen molar-refractivity contribution in [2.24, 2.45) is 0 Å². The Hall–Kier alpha value is -1.01. The van der Waals surface area contributed by atoms with Crippen LogP contribution in [-0.4, -0.2) is 27.0 Å². The third-order valence-corrected chi connectivity index (χ3v) is 3.68. The molecule has 0 bridgehead atoms. The average molecular weight is 291 g/mol. The Morgan fingerprint density at radius 2 is 1.79 bits per heavy atom. The highest BCUT2D eigenvalue weighted by atomic mass is 32.2. The van der Waals surface area contributed by atoms with Gasteiger partial charge in [-0.25, -0.2) is 17.2 Å². The summed E-state index contributed by atoms with van der Waals surface area (Å²) in [6.45, 7) is 2.62. The van der Waals surface area contributed by atoms with E-state index in [4.69, 9.17) is 0 Å². The zero-order chi connectivity index (χ0) is 14.5. The maximum atomic E-state index is 13.2. The molecule has 3 nitrogen and oxygen atoms in total. The molecule has 0 aliphatic heterocycles. The van der Waals surface area contributed by atoms with Crippen LogP contribution < -0.4 is 5.32 Å². The van der Waals surface area contributed by atoms with Crippen LogP contribution in [0.25, 0.3) is 0 Å². The molecule has 0 saturated heterocycles. The smallest absolute Gasteiger partial charge is 0.147 e. The first-order chi connectivity index (χ1) is 8.81. The van der Waals surface area contributed by atoms with Crippen LogP contribution in [0, 0.1) is 11.6 Å². The lowest BCUT2D eigenvalue weighted by molar-refractivity contribution is 0.503. The Morgan fingerprint density at radius 3 is 2.26 bits per heavy atom. The molecule has 0 aliphatic rings. The van der Waals surface area contributed by atoms with E-state index in [1.165, 1.54) is 12.1 Å². The van der Waals surface area contributed by atoms with Crippen LogP contribution >= 0.6 is 0 Å². The minimum Gasteiger partial charge on any atom is -0.310 e. The Balaban J connectivity index is 2.88. The summed E-state index contributed by atoms with van der Waals surface area (Å²) in [5, 5.41) is 3.11. The summed E-state index contributed by atoms with van der Waals surface area (Å²) in [5.74, 6) is -1.33. The second kappa shape index (κ2) is 6.96. The Morgan fingerprint density at radius 1 is 1.21 bits per heavy atom. The molecular formula is C13H19F2NO2S. The van der Waals surface area contributed by atoms with E-state index in [0.717, 1.165) is 18.7 Å². The van der Waals surface area contributed by atoms with E-state index in [1.54, 1.807) is 0 Å². The molecule has 1 aromatic rings. The van der Waals surface area contributed by atoms with Crippen LogP contribution in [0.5, 0.6) is 0 Å². The van der Waals surface area contributed by atoms with Gasteiger partial charge in [-0.1, -0.05) is 6.92 Å². The van der Waals surface area contributed by atoms with Crippen molar-refractivity contribution in [3.63, 3.8) is 0 Å². The van der Waals surface area contributed by atoms with Gasteiger partial charge < -0.3 is 5.32 Å². The molecule has 1 atom stereocenters. The normalized spacial score (nSPS) is 13.5. The van der Waals surface area contributed by atoms with Crippen molar-refractivity contribution >= 4 is 9.84 Å². The summed E-state index contributed by atoms with van der Waals surface area (Å²) in [4.78, 5) is 0. The van der Waals surface area contributed by atoms with Crippen LogP contribution in [0.1, 0.15) is 31.4 Å². The third-order valence-electron chi connectivity index (χ3n) is 2.71. The van der Waals surface area contributed by atoms with E-state index in [2.05, 4.69) is 5.32 Å². The van der Waals surface area contributed by atoms with Crippen LogP contribution in [0.2, 0.25) is 0 Å². The summed E-state index contributed by atoms with van der Waals surface area (Å²) >= 11 is 0. The van der Waals surface area contributed by atoms with Crippen LogP contribution in [-0.2, 0) is 9.84 Å². The zero-order valence-corrected chi connectivity index (χ0v) is 11.9. The third kappa shape index (κ3) is 6.11. The van der Waals surface area contributed by atoms with Gasteiger partial charge in [-0.15, -0.1) is 0 Å². The number of hydrogen-bond donors (Lipinski definition) is 1. The number of hydrogen-bond acceptors (Lipinski definition) is 3. The van der Waals surface area contributed by atoms with Crippen LogP contribution in [0.4, 0.5) is 8.78 Å². The molecule has 0 saturated carbocycles. The molecule has 6 heteroatoms. The molecule has 0 spiro atoms. The van der Waals surface area contributed by atoms with Gasteiger partial charge in [0.2, 0.25) is 0 Å². The Labute approximate surface area is 112 Å². The SMILES string of the molecule is CCCNC(CCS(C)(=O)=O)c1cc(F)cc(F)c1. The fraction of sp³-hybridized carbons (Fsp3) is 0.538. The lowest BCUT2D eigenvalue weighted by atomic mass is 10.0. The fourth-order valence-corrected chi connectivity index (χ4v) is 2.48. The first kappa shape index (κ1) is 16.0. The average Bonchev–Trinajstić information content (AvgIpc) is 2.26. The predicted octanol–water partition coefficient (Wildman–Crippen LogP) is 2.44. The van der Waals surface area contributed by atoms with Gasteiger partial charge in [0, 0.05) is 18.4 Å². The molecule has 1 aromatic carbocycles.